The predicted molar refractivity (Wildman–Crippen MR) is 114 cm³/mol. The SMILES string of the molecule is CC(C)(F)Cn1cc(I)c2cnc(-c3nn(C4CCCCO4)cc3[N+](=O)[O-])cc21. The van der Waals surface area contributed by atoms with Crippen molar-refractivity contribution in [3.63, 3.8) is 0 Å². The molecule has 0 spiro atoms. The Morgan fingerprint density at radius 3 is 2.86 bits per heavy atom. The van der Waals surface area contributed by atoms with Gasteiger partial charge in [-0.2, -0.15) is 5.10 Å². The van der Waals surface area contributed by atoms with Gasteiger partial charge >= 0.3 is 5.69 Å². The summed E-state index contributed by atoms with van der Waals surface area (Å²) >= 11 is 2.18. The minimum Gasteiger partial charge on any atom is -0.357 e. The second-order valence-corrected chi connectivity index (χ2v) is 8.99. The van der Waals surface area contributed by atoms with E-state index in [1.807, 2.05) is 10.8 Å². The van der Waals surface area contributed by atoms with Gasteiger partial charge in [0, 0.05) is 28.0 Å². The van der Waals surface area contributed by atoms with Crippen LogP contribution in [0.3, 0.4) is 0 Å². The summed E-state index contributed by atoms with van der Waals surface area (Å²) in [5.41, 5.74) is -0.184. The molecule has 10 heteroatoms. The molecule has 29 heavy (non-hydrogen) atoms. The highest BCUT2D eigenvalue weighted by Gasteiger charge is 2.27. The number of hydrogen-bond donors (Lipinski definition) is 0. The average molecular weight is 513 g/mol. The first-order chi connectivity index (χ1) is 13.7. The van der Waals surface area contributed by atoms with E-state index in [9.17, 15) is 14.5 Å². The Kier molecular flexibility index (Phi) is 5.32. The molecule has 1 aliphatic heterocycles. The van der Waals surface area contributed by atoms with Crippen molar-refractivity contribution in [1.29, 1.82) is 0 Å². The third-order valence-electron chi connectivity index (χ3n) is 4.87. The van der Waals surface area contributed by atoms with Gasteiger partial charge in [-0.25, -0.2) is 9.07 Å². The van der Waals surface area contributed by atoms with E-state index in [0.29, 0.717) is 12.3 Å². The standard InChI is InChI=1S/C19H21FIN5O3/c1-19(2,20)11-24-9-13(21)12-8-22-14(7-15(12)24)18-16(26(27)28)10-25(23-18)17-5-3-4-6-29-17/h7-10,17H,3-6,11H2,1-2H3. The maximum Gasteiger partial charge on any atom is 0.316 e. The van der Waals surface area contributed by atoms with Crippen LogP contribution in [0.5, 0.6) is 0 Å². The summed E-state index contributed by atoms with van der Waals surface area (Å²) in [5.74, 6) is 0. The molecular weight excluding hydrogens is 492 g/mol. The number of pyridine rings is 1. The number of hydrogen-bond acceptors (Lipinski definition) is 5. The Morgan fingerprint density at radius 2 is 2.21 bits per heavy atom. The molecule has 0 aromatic carbocycles. The summed E-state index contributed by atoms with van der Waals surface area (Å²) in [6, 6.07) is 1.74. The quantitative estimate of drug-likeness (QED) is 0.276. The Hall–Kier alpha value is -2.08. The third-order valence-corrected chi connectivity index (χ3v) is 5.73. The van der Waals surface area contributed by atoms with E-state index in [0.717, 1.165) is 33.7 Å². The van der Waals surface area contributed by atoms with E-state index in [2.05, 4.69) is 32.7 Å². The van der Waals surface area contributed by atoms with Crippen LogP contribution in [-0.2, 0) is 11.3 Å². The molecule has 4 heterocycles. The van der Waals surface area contributed by atoms with Crippen LogP contribution in [0.1, 0.15) is 39.3 Å². The Labute approximate surface area is 180 Å². The predicted octanol–water partition coefficient (Wildman–Crippen LogP) is 4.86. The normalized spacial score (nSPS) is 17.7. The average Bonchev–Trinajstić information content (AvgIpc) is 3.23. The van der Waals surface area contributed by atoms with Gasteiger partial charge < -0.3 is 9.30 Å². The van der Waals surface area contributed by atoms with Crippen LogP contribution in [0.25, 0.3) is 22.3 Å². The van der Waals surface area contributed by atoms with Crippen molar-refractivity contribution in [3.8, 4) is 11.4 Å². The van der Waals surface area contributed by atoms with E-state index in [1.165, 1.54) is 24.7 Å². The van der Waals surface area contributed by atoms with Crippen LogP contribution in [0.15, 0.2) is 24.7 Å². The number of nitro groups is 1. The molecular formula is C19H21FIN5O3. The molecule has 1 fully saturated rings. The first-order valence-electron chi connectivity index (χ1n) is 9.42. The molecule has 1 atom stereocenters. The van der Waals surface area contributed by atoms with Crippen molar-refractivity contribution in [2.45, 2.75) is 51.6 Å². The Balaban J connectivity index is 1.80. The first-order valence-corrected chi connectivity index (χ1v) is 10.5. The zero-order valence-corrected chi connectivity index (χ0v) is 18.3. The van der Waals surface area contributed by atoms with Gasteiger partial charge in [0.25, 0.3) is 0 Å². The maximum atomic E-state index is 14.3. The molecule has 0 amide bonds. The summed E-state index contributed by atoms with van der Waals surface area (Å²) in [7, 11) is 0. The number of halogens is 2. The van der Waals surface area contributed by atoms with E-state index < -0.39 is 10.6 Å². The summed E-state index contributed by atoms with van der Waals surface area (Å²) < 4.78 is 24.2. The molecule has 0 bridgehead atoms. The lowest BCUT2D eigenvalue weighted by atomic mass is 10.1. The molecule has 154 valence electrons. The monoisotopic (exact) mass is 513 g/mol. The van der Waals surface area contributed by atoms with Gasteiger partial charge in [-0.15, -0.1) is 0 Å². The smallest absolute Gasteiger partial charge is 0.316 e. The van der Waals surface area contributed by atoms with Gasteiger partial charge in [0.05, 0.1) is 22.7 Å². The van der Waals surface area contributed by atoms with Crippen LogP contribution in [-0.4, -0.2) is 36.5 Å². The minimum atomic E-state index is -1.40. The Bertz CT molecular complexity index is 1070. The highest BCUT2D eigenvalue weighted by molar-refractivity contribution is 14.1. The summed E-state index contributed by atoms with van der Waals surface area (Å²) in [5, 5.41) is 17.0. The van der Waals surface area contributed by atoms with Crippen molar-refractivity contribution < 1.29 is 14.1 Å². The van der Waals surface area contributed by atoms with Crippen molar-refractivity contribution in [2.75, 3.05) is 6.61 Å². The lowest BCUT2D eigenvalue weighted by Crippen LogP contribution is -2.20. The van der Waals surface area contributed by atoms with Gasteiger partial charge in [0.15, 0.2) is 5.69 Å². The van der Waals surface area contributed by atoms with Gasteiger partial charge in [0.1, 0.15) is 18.1 Å². The topological polar surface area (TPSA) is 88.0 Å². The molecule has 1 saturated heterocycles. The van der Waals surface area contributed by atoms with Crippen molar-refractivity contribution in [2.24, 2.45) is 0 Å². The van der Waals surface area contributed by atoms with Crippen LogP contribution in [0.2, 0.25) is 0 Å². The number of alkyl halides is 1. The van der Waals surface area contributed by atoms with Crippen LogP contribution < -0.4 is 0 Å². The van der Waals surface area contributed by atoms with Gasteiger partial charge in [-0.3, -0.25) is 15.1 Å². The van der Waals surface area contributed by atoms with Crippen LogP contribution in [0.4, 0.5) is 10.1 Å². The fourth-order valence-electron chi connectivity index (χ4n) is 3.59. The number of rotatable bonds is 5. The van der Waals surface area contributed by atoms with Crippen molar-refractivity contribution in [3.05, 3.63) is 38.3 Å². The molecule has 1 unspecified atom stereocenters. The van der Waals surface area contributed by atoms with Gasteiger partial charge in [0.2, 0.25) is 0 Å². The van der Waals surface area contributed by atoms with Crippen molar-refractivity contribution >= 4 is 39.2 Å². The number of aromatic nitrogens is 4. The first kappa shape index (κ1) is 20.2. The second kappa shape index (κ2) is 7.63. The molecule has 4 rings (SSSR count). The van der Waals surface area contributed by atoms with Gasteiger partial charge in [-0.1, -0.05) is 0 Å². The minimum absolute atomic E-state index is 0.121. The summed E-state index contributed by atoms with van der Waals surface area (Å²) in [6.07, 6.45) is 7.35. The largest absolute Gasteiger partial charge is 0.357 e. The fourth-order valence-corrected chi connectivity index (χ4v) is 4.34. The Morgan fingerprint density at radius 1 is 1.41 bits per heavy atom. The number of ether oxygens (including phenoxy) is 1. The third kappa shape index (κ3) is 4.13. The number of fused-ring (bicyclic) bond motifs is 1. The van der Waals surface area contributed by atoms with E-state index in [1.54, 1.807) is 12.3 Å². The molecule has 8 nitrogen and oxygen atoms in total. The molecule has 1 aliphatic rings. The number of nitrogens with zero attached hydrogens (tertiary/aromatic N) is 5. The zero-order valence-electron chi connectivity index (χ0n) is 16.1. The van der Waals surface area contributed by atoms with E-state index in [4.69, 9.17) is 4.74 Å². The van der Waals surface area contributed by atoms with E-state index >= 15 is 0 Å². The molecule has 0 saturated carbocycles. The van der Waals surface area contributed by atoms with E-state index in [-0.39, 0.29) is 24.2 Å². The zero-order chi connectivity index (χ0) is 20.8. The van der Waals surface area contributed by atoms with Crippen molar-refractivity contribution in [1.82, 2.24) is 19.3 Å². The van der Waals surface area contributed by atoms with Crippen LogP contribution in [0, 0.1) is 13.7 Å². The second-order valence-electron chi connectivity index (χ2n) is 7.83. The highest BCUT2D eigenvalue weighted by atomic mass is 127. The van der Waals surface area contributed by atoms with Crippen LogP contribution >= 0.6 is 22.6 Å². The molecule has 0 N–H and O–H groups in total. The van der Waals surface area contributed by atoms with Gasteiger partial charge in [-0.05, 0) is 61.8 Å². The molecule has 0 aliphatic carbocycles. The lowest BCUT2D eigenvalue weighted by molar-refractivity contribution is -0.384. The lowest BCUT2D eigenvalue weighted by Gasteiger charge is -2.22. The molecule has 0 radical (unpaired) electrons. The molecule has 3 aromatic heterocycles. The fraction of sp³-hybridized carbons (Fsp3) is 0.474. The summed E-state index contributed by atoms with van der Waals surface area (Å²) in [6.45, 7) is 3.82. The highest BCUT2D eigenvalue weighted by Crippen LogP contribution is 2.33. The molecule has 3 aromatic rings. The summed E-state index contributed by atoms with van der Waals surface area (Å²) in [4.78, 5) is 15.6. The maximum absolute atomic E-state index is 14.3.